The van der Waals surface area contributed by atoms with E-state index in [2.05, 4.69) is 0 Å². The van der Waals surface area contributed by atoms with Gasteiger partial charge in [-0.15, -0.1) is 0 Å². The van der Waals surface area contributed by atoms with Crippen LogP contribution in [0.2, 0.25) is 10.0 Å². The second-order valence-electron chi connectivity index (χ2n) is 5.82. The zero-order valence-corrected chi connectivity index (χ0v) is 19.8. The van der Waals surface area contributed by atoms with E-state index in [-0.39, 0.29) is 41.6 Å². The molecule has 9 nitrogen and oxygen atoms in total. The van der Waals surface area contributed by atoms with Gasteiger partial charge in [0, 0.05) is 26.8 Å². The van der Waals surface area contributed by atoms with E-state index in [1.165, 1.54) is 6.07 Å². The molecule has 1 rings (SSSR count). The highest BCUT2D eigenvalue weighted by atomic mass is 35.5. The summed E-state index contributed by atoms with van der Waals surface area (Å²) >= 11 is 12.8. The summed E-state index contributed by atoms with van der Waals surface area (Å²) in [4.78, 5) is 0. The van der Waals surface area contributed by atoms with Crippen LogP contribution in [0.3, 0.4) is 0 Å². The quantitative estimate of drug-likeness (QED) is 0.200. The number of rotatable bonds is 17. The zero-order chi connectivity index (χ0) is 22.4. The number of benzene rings is 1. The van der Waals surface area contributed by atoms with E-state index in [9.17, 15) is 9.67 Å². The largest absolute Gasteiger partial charge is 0.462 e. The van der Waals surface area contributed by atoms with Gasteiger partial charge in [-0.25, -0.2) is 0 Å². The molecule has 0 saturated heterocycles. The van der Waals surface area contributed by atoms with E-state index in [1.807, 2.05) is 0 Å². The molecule has 0 fully saturated rings. The summed E-state index contributed by atoms with van der Waals surface area (Å²) in [5.74, 6) is 0.290. The number of methoxy groups -OCH3 is 2. The van der Waals surface area contributed by atoms with Crippen molar-refractivity contribution in [2.24, 2.45) is 0 Å². The van der Waals surface area contributed by atoms with Gasteiger partial charge < -0.3 is 33.5 Å². The van der Waals surface area contributed by atoms with Crippen molar-refractivity contribution >= 4 is 31.2 Å². The maximum atomic E-state index is 11.6. The van der Waals surface area contributed by atoms with Gasteiger partial charge in [0.05, 0.1) is 36.5 Å². The normalized spacial score (nSPS) is 13.3. The summed E-state index contributed by atoms with van der Waals surface area (Å²) in [6.45, 7) is 2.91. The molecule has 2 atom stereocenters. The van der Waals surface area contributed by atoms with Crippen molar-refractivity contribution in [1.82, 2.24) is 0 Å². The van der Waals surface area contributed by atoms with Crippen LogP contribution < -0.4 is 9.47 Å². The van der Waals surface area contributed by atoms with Gasteiger partial charge in [-0.3, -0.25) is 9.09 Å². The first-order valence-electron chi connectivity index (χ1n) is 9.21. The van der Waals surface area contributed by atoms with E-state index in [4.69, 9.17) is 56.1 Å². The van der Waals surface area contributed by atoms with Gasteiger partial charge in [0.1, 0.15) is 0 Å². The Kier molecular flexibility index (Phi) is 14.7. The summed E-state index contributed by atoms with van der Waals surface area (Å²) in [6.07, 6.45) is -1.03. The average molecular weight is 491 g/mol. The van der Waals surface area contributed by atoms with Crippen LogP contribution in [0.1, 0.15) is 12.5 Å². The molecule has 0 heterocycles. The Balaban J connectivity index is 2.95. The molecule has 0 aliphatic rings. The minimum atomic E-state index is -2.32. The van der Waals surface area contributed by atoms with Crippen molar-refractivity contribution in [3.05, 3.63) is 21.7 Å². The third-order valence-corrected chi connectivity index (χ3v) is 5.40. The lowest BCUT2D eigenvalue weighted by Gasteiger charge is -2.19. The molecule has 0 aliphatic heterocycles. The fraction of sp³-hybridized carbons (Fsp3) is 0.667. The van der Waals surface area contributed by atoms with Crippen molar-refractivity contribution in [2.75, 3.05) is 60.4 Å². The van der Waals surface area contributed by atoms with Crippen LogP contribution in [0.4, 0.5) is 0 Å². The molecule has 0 aromatic heterocycles. The van der Waals surface area contributed by atoms with E-state index in [0.717, 1.165) is 0 Å². The number of aliphatic hydroxyl groups excluding tert-OH is 1. The molecular weight excluding hydrogens is 462 g/mol. The maximum Gasteiger partial charge on any atom is 0.193 e. The summed E-state index contributed by atoms with van der Waals surface area (Å²) in [7, 11) is 0.796. The Labute approximate surface area is 187 Å². The first kappa shape index (κ1) is 27.4. The third-order valence-electron chi connectivity index (χ3n) is 3.59. The molecule has 1 aromatic rings. The highest BCUT2D eigenvalue weighted by Crippen LogP contribution is 2.44. The minimum absolute atomic E-state index is 0.0412. The molecule has 1 N–H and O–H groups in total. The van der Waals surface area contributed by atoms with Crippen molar-refractivity contribution in [2.45, 2.75) is 19.6 Å². The van der Waals surface area contributed by atoms with Gasteiger partial charge in [-0.2, -0.15) is 0 Å². The van der Waals surface area contributed by atoms with Crippen LogP contribution in [0, 0.1) is 0 Å². The highest BCUT2D eigenvalue weighted by molar-refractivity contribution is 7.39. The molecule has 0 aliphatic carbocycles. The zero-order valence-electron chi connectivity index (χ0n) is 17.3. The van der Waals surface area contributed by atoms with E-state index in [0.29, 0.717) is 38.2 Å². The van der Waals surface area contributed by atoms with Crippen LogP contribution in [0.5, 0.6) is 11.5 Å². The first-order chi connectivity index (χ1) is 14.4. The van der Waals surface area contributed by atoms with E-state index >= 15 is 0 Å². The molecular formula is C18H29Cl2O9P. The smallest absolute Gasteiger partial charge is 0.193 e. The molecule has 0 radical (unpaired) electrons. The predicted octanol–water partition coefficient (Wildman–Crippen LogP) is 3.36. The Morgan fingerprint density at radius 2 is 1.57 bits per heavy atom. The number of hydrogen-bond donors (Lipinski definition) is 1. The minimum Gasteiger partial charge on any atom is -0.462 e. The second-order valence-corrected chi connectivity index (χ2v) is 8.29. The fourth-order valence-corrected chi connectivity index (χ4v) is 3.21. The standard InChI is InChI=1S/C18H29Cl2O9P/c1-4-30(22)29-15(21)10-13-9-14(19)17(27-11-25-7-5-23-2)18(16(13)20)28-12-26-8-6-24-3/h9,15,21,30H,4-8,10-12H2,1-3H3. The summed E-state index contributed by atoms with van der Waals surface area (Å²) in [5.41, 5.74) is 0.430. The molecule has 174 valence electrons. The average Bonchev–Trinajstić information content (AvgIpc) is 2.72. The molecule has 12 heteroatoms. The monoisotopic (exact) mass is 490 g/mol. The number of aliphatic hydroxyl groups is 1. The molecule has 0 bridgehead atoms. The second kappa shape index (κ2) is 16.1. The lowest BCUT2D eigenvalue weighted by molar-refractivity contribution is -0.0210. The van der Waals surface area contributed by atoms with Crippen LogP contribution in [0.25, 0.3) is 0 Å². The Morgan fingerprint density at radius 3 is 2.10 bits per heavy atom. The van der Waals surface area contributed by atoms with Crippen molar-refractivity contribution in [1.29, 1.82) is 0 Å². The van der Waals surface area contributed by atoms with Crippen LogP contribution in [-0.4, -0.2) is 71.8 Å². The van der Waals surface area contributed by atoms with Crippen LogP contribution in [0.15, 0.2) is 6.07 Å². The van der Waals surface area contributed by atoms with E-state index in [1.54, 1.807) is 21.1 Å². The lowest BCUT2D eigenvalue weighted by Crippen LogP contribution is -2.14. The SMILES string of the molecule is CC[PH](=O)OC(O)Cc1cc(Cl)c(OCOCCOC)c(OCOCCOC)c1Cl. The number of ether oxygens (including phenoxy) is 6. The third kappa shape index (κ3) is 10.1. The summed E-state index contributed by atoms with van der Waals surface area (Å²) in [5, 5.41) is 10.4. The topological polar surface area (TPSA) is 102 Å². The van der Waals surface area contributed by atoms with Crippen LogP contribution >= 0.6 is 31.2 Å². The molecule has 30 heavy (non-hydrogen) atoms. The Hall–Kier alpha value is -0.610. The maximum absolute atomic E-state index is 11.6. The summed E-state index contributed by atoms with van der Waals surface area (Å²) < 4.78 is 48.2. The summed E-state index contributed by atoms with van der Waals surface area (Å²) in [6, 6.07) is 1.52. The van der Waals surface area contributed by atoms with Gasteiger partial charge >= 0.3 is 0 Å². The van der Waals surface area contributed by atoms with Gasteiger partial charge in [0.15, 0.2) is 39.4 Å². The van der Waals surface area contributed by atoms with Crippen molar-refractivity contribution in [3.8, 4) is 11.5 Å². The highest BCUT2D eigenvalue weighted by Gasteiger charge is 2.22. The number of halogens is 2. The first-order valence-corrected chi connectivity index (χ1v) is 11.5. The van der Waals surface area contributed by atoms with Gasteiger partial charge in [0.2, 0.25) is 0 Å². The molecule has 0 amide bonds. The van der Waals surface area contributed by atoms with E-state index < -0.39 is 14.3 Å². The van der Waals surface area contributed by atoms with Crippen molar-refractivity contribution < 1.29 is 42.6 Å². The number of hydrogen-bond acceptors (Lipinski definition) is 9. The van der Waals surface area contributed by atoms with Crippen LogP contribution in [-0.2, 0) is 34.5 Å². The van der Waals surface area contributed by atoms with Gasteiger partial charge in [-0.05, 0) is 11.6 Å². The van der Waals surface area contributed by atoms with Gasteiger partial charge in [-0.1, -0.05) is 30.1 Å². The predicted molar refractivity (Wildman–Crippen MR) is 113 cm³/mol. The van der Waals surface area contributed by atoms with Crippen molar-refractivity contribution in [3.63, 3.8) is 0 Å². The fourth-order valence-electron chi connectivity index (χ4n) is 2.12. The van der Waals surface area contributed by atoms with Gasteiger partial charge in [0.25, 0.3) is 0 Å². The molecule has 2 unspecified atom stereocenters. The molecule has 0 spiro atoms. The lowest BCUT2D eigenvalue weighted by atomic mass is 10.1. The molecule has 0 saturated carbocycles. The molecule has 1 aromatic carbocycles. The Bertz CT molecular complexity index is 649. The Morgan fingerprint density at radius 1 is 1.00 bits per heavy atom.